The summed E-state index contributed by atoms with van der Waals surface area (Å²) < 4.78 is 2.24. The molecule has 2 nitrogen and oxygen atoms in total. The summed E-state index contributed by atoms with van der Waals surface area (Å²) >= 11 is 0. The fraction of sp³-hybridized carbons (Fsp3) is 0.125. The van der Waals surface area contributed by atoms with Gasteiger partial charge >= 0.3 is 0 Å². The monoisotopic (exact) mass is 444 g/mol. The average Bonchev–Trinajstić information content (AvgIpc) is 3.26. The van der Waals surface area contributed by atoms with Crippen molar-refractivity contribution in [3.8, 4) is 11.1 Å². The summed E-state index contributed by atoms with van der Waals surface area (Å²) in [7, 11) is 2.12. The van der Waals surface area contributed by atoms with Gasteiger partial charge in [0.15, 0.2) is 0 Å². The number of rotatable bonds is 9. The standard InChI is InChI=1S/C32H32N2/c1-5-27-24-34(32-22-14-12-19-29(27)32)26(3)16-10-9-15-25(2)23-33(4)31-21-13-11-20-30(31)28-17-7-6-8-18-28/h5-9,11-22,24H,1-2,10,23H2,3-4H3/b15-9-,26-16+. The van der Waals surface area contributed by atoms with Crippen molar-refractivity contribution in [2.75, 3.05) is 18.5 Å². The van der Waals surface area contributed by atoms with Gasteiger partial charge in [-0.1, -0.05) is 104 Å². The Balaban J connectivity index is 1.41. The van der Waals surface area contributed by atoms with Gasteiger partial charge in [0.25, 0.3) is 0 Å². The highest BCUT2D eigenvalue weighted by atomic mass is 15.1. The van der Waals surface area contributed by atoms with Crippen molar-refractivity contribution in [1.82, 2.24) is 4.57 Å². The first-order chi connectivity index (χ1) is 16.6. The first kappa shape index (κ1) is 23.1. The van der Waals surface area contributed by atoms with Crippen LogP contribution in [-0.4, -0.2) is 18.2 Å². The summed E-state index contributed by atoms with van der Waals surface area (Å²) in [4.78, 5) is 2.26. The maximum absolute atomic E-state index is 4.29. The number of hydrogen-bond donors (Lipinski definition) is 0. The summed E-state index contributed by atoms with van der Waals surface area (Å²) in [6.45, 7) is 11.2. The van der Waals surface area contributed by atoms with Gasteiger partial charge in [0.1, 0.15) is 0 Å². The Hall–Kier alpha value is -4.04. The van der Waals surface area contributed by atoms with Crippen LogP contribution in [0, 0.1) is 0 Å². The van der Waals surface area contributed by atoms with E-state index in [0.29, 0.717) is 0 Å². The molecule has 2 heteroatoms. The molecule has 0 atom stereocenters. The molecule has 0 amide bonds. The highest BCUT2D eigenvalue weighted by Crippen LogP contribution is 2.30. The lowest BCUT2D eigenvalue weighted by atomic mass is 10.0. The molecule has 0 fully saturated rings. The molecule has 3 aromatic carbocycles. The van der Waals surface area contributed by atoms with Gasteiger partial charge in [-0.15, -0.1) is 0 Å². The SMILES string of the molecule is C=Cc1cn(/C(C)=C/C/C=C\C(=C)CN(C)c2ccccc2-c2ccccc2)c2ccccc12. The van der Waals surface area contributed by atoms with Crippen LogP contribution in [0.5, 0.6) is 0 Å². The van der Waals surface area contributed by atoms with E-state index in [-0.39, 0.29) is 0 Å². The third-order valence-corrected chi connectivity index (χ3v) is 6.09. The van der Waals surface area contributed by atoms with Gasteiger partial charge in [-0.25, -0.2) is 0 Å². The van der Waals surface area contributed by atoms with Crippen molar-refractivity contribution < 1.29 is 0 Å². The fourth-order valence-corrected chi connectivity index (χ4v) is 4.34. The zero-order valence-electron chi connectivity index (χ0n) is 20.1. The van der Waals surface area contributed by atoms with Crippen molar-refractivity contribution in [2.45, 2.75) is 13.3 Å². The number of allylic oxidation sites excluding steroid dienone is 3. The Labute approximate surface area is 203 Å². The second-order valence-corrected chi connectivity index (χ2v) is 8.56. The molecular weight excluding hydrogens is 412 g/mol. The molecule has 4 rings (SSSR count). The minimum absolute atomic E-state index is 0.772. The van der Waals surface area contributed by atoms with E-state index in [2.05, 4.69) is 140 Å². The third-order valence-electron chi connectivity index (χ3n) is 6.09. The zero-order valence-corrected chi connectivity index (χ0v) is 20.1. The number of benzene rings is 3. The molecule has 0 aliphatic heterocycles. The van der Waals surface area contributed by atoms with Crippen LogP contribution < -0.4 is 4.90 Å². The Morgan fingerprint density at radius 3 is 2.44 bits per heavy atom. The minimum Gasteiger partial charge on any atom is -0.370 e. The molecule has 0 radical (unpaired) electrons. The van der Waals surface area contributed by atoms with Crippen LogP contribution >= 0.6 is 0 Å². The fourth-order valence-electron chi connectivity index (χ4n) is 4.34. The van der Waals surface area contributed by atoms with E-state index in [1.165, 1.54) is 33.4 Å². The Morgan fingerprint density at radius 2 is 1.65 bits per heavy atom. The van der Waals surface area contributed by atoms with E-state index in [9.17, 15) is 0 Å². The summed E-state index contributed by atoms with van der Waals surface area (Å²) in [5.41, 5.74) is 8.31. The number of likely N-dealkylation sites (N-methyl/N-ethyl adjacent to an activating group) is 1. The van der Waals surface area contributed by atoms with E-state index >= 15 is 0 Å². The largest absolute Gasteiger partial charge is 0.370 e. The van der Waals surface area contributed by atoms with Crippen LogP contribution in [0.4, 0.5) is 5.69 Å². The predicted octanol–water partition coefficient (Wildman–Crippen LogP) is 8.45. The van der Waals surface area contributed by atoms with Crippen molar-refractivity contribution >= 4 is 28.4 Å². The van der Waals surface area contributed by atoms with Crippen LogP contribution in [0.1, 0.15) is 18.9 Å². The maximum Gasteiger partial charge on any atom is 0.0531 e. The molecule has 170 valence electrons. The van der Waals surface area contributed by atoms with Crippen LogP contribution in [0.25, 0.3) is 33.8 Å². The Bertz CT molecular complexity index is 1350. The summed E-state index contributed by atoms with van der Waals surface area (Å²) in [5, 5.41) is 1.23. The van der Waals surface area contributed by atoms with E-state index in [1.54, 1.807) is 0 Å². The Kier molecular flexibility index (Phi) is 7.29. The van der Waals surface area contributed by atoms with Gasteiger partial charge < -0.3 is 9.47 Å². The zero-order chi connectivity index (χ0) is 23.9. The molecule has 0 aliphatic carbocycles. The molecular formula is C32H32N2. The molecule has 0 bridgehead atoms. The topological polar surface area (TPSA) is 8.17 Å². The number of fused-ring (bicyclic) bond motifs is 1. The molecule has 0 aliphatic rings. The molecule has 4 aromatic rings. The first-order valence-electron chi connectivity index (χ1n) is 11.7. The molecule has 34 heavy (non-hydrogen) atoms. The average molecular weight is 445 g/mol. The van der Waals surface area contributed by atoms with Crippen molar-refractivity contribution in [2.24, 2.45) is 0 Å². The predicted molar refractivity (Wildman–Crippen MR) is 150 cm³/mol. The lowest BCUT2D eigenvalue weighted by Crippen LogP contribution is -2.20. The van der Waals surface area contributed by atoms with Crippen LogP contribution in [0.2, 0.25) is 0 Å². The number of para-hydroxylation sites is 2. The van der Waals surface area contributed by atoms with E-state index < -0.39 is 0 Å². The van der Waals surface area contributed by atoms with Gasteiger partial charge in [-0.3, -0.25) is 0 Å². The smallest absolute Gasteiger partial charge is 0.0531 e. The summed E-state index contributed by atoms with van der Waals surface area (Å²) in [6.07, 6.45) is 11.5. The second kappa shape index (κ2) is 10.7. The number of anilines is 1. The highest BCUT2D eigenvalue weighted by molar-refractivity contribution is 5.91. The van der Waals surface area contributed by atoms with Gasteiger partial charge in [-0.2, -0.15) is 0 Å². The van der Waals surface area contributed by atoms with Crippen molar-refractivity contribution in [3.63, 3.8) is 0 Å². The van der Waals surface area contributed by atoms with Crippen molar-refractivity contribution in [3.05, 3.63) is 128 Å². The minimum atomic E-state index is 0.772. The van der Waals surface area contributed by atoms with Crippen LogP contribution in [0.3, 0.4) is 0 Å². The normalized spacial score (nSPS) is 11.8. The van der Waals surface area contributed by atoms with Crippen LogP contribution in [0.15, 0.2) is 122 Å². The van der Waals surface area contributed by atoms with Gasteiger partial charge in [0.05, 0.1) is 5.52 Å². The third kappa shape index (κ3) is 5.13. The van der Waals surface area contributed by atoms with E-state index in [1.807, 2.05) is 6.08 Å². The molecule has 0 spiro atoms. The highest BCUT2D eigenvalue weighted by Gasteiger charge is 2.09. The molecule has 0 N–H and O–H groups in total. The number of aromatic nitrogens is 1. The van der Waals surface area contributed by atoms with E-state index in [4.69, 9.17) is 0 Å². The molecule has 0 saturated carbocycles. The lowest BCUT2D eigenvalue weighted by Gasteiger charge is -2.23. The van der Waals surface area contributed by atoms with Gasteiger partial charge in [0, 0.05) is 42.1 Å². The Morgan fingerprint density at radius 1 is 0.941 bits per heavy atom. The van der Waals surface area contributed by atoms with E-state index in [0.717, 1.165) is 24.1 Å². The number of nitrogens with zero attached hydrogens (tertiary/aromatic N) is 2. The summed E-state index contributed by atoms with van der Waals surface area (Å²) in [5.74, 6) is 0. The summed E-state index contributed by atoms with van der Waals surface area (Å²) in [6, 6.07) is 27.5. The van der Waals surface area contributed by atoms with Gasteiger partial charge in [0.2, 0.25) is 0 Å². The van der Waals surface area contributed by atoms with Crippen LogP contribution in [-0.2, 0) is 0 Å². The second-order valence-electron chi connectivity index (χ2n) is 8.56. The van der Waals surface area contributed by atoms with Crippen molar-refractivity contribution in [1.29, 1.82) is 0 Å². The van der Waals surface area contributed by atoms with Gasteiger partial charge in [-0.05, 0) is 42.2 Å². The first-order valence-corrected chi connectivity index (χ1v) is 11.7. The number of hydrogen-bond acceptors (Lipinski definition) is 1. The molecule has 1 aromatic heterocycles. The molecule has 0 saturated heterocycles. The quantitative estimate of drug-likeness (QED) is 0.235. The maximum atomic E-state index is 4.29. The lowest BCUT2D eigenvalue weighted by molar-refractivity contribution is 1.01. The molecule has 1 heterocycles. The molecule has 0 unspecified atom stereocenters.